The Morgan fingerprint density at radius 2 is 1.00 bits per heavy atom. The van der Waals surface area contributed by atoms with Crippen molar-refractivity contribution < 1.29 is 0 Å². The molecule has 0 rings (SSSR count). The molecule has 0 amide bonds. The molecule has 110 valence electrons. The Balaban J connectivity index is 4.81. The van der Waals surface area contributed by atoms with Gasteiger partial charge in [0, 0.05) is 18.1 Å². The summed E-state index contributed by atoms with van der Waals surface area (Å²) in [4.78, 5) is 14.8. The van der Waals surface area contributed by atoms with E-state index in [1.807, 2.05) is 7.05 Å². The van der Waals surface area contributed by atoms with Gasteiger partial charge in [0.2, 0.25) is 0 Å². The zero-order valence-corrected chi connectivity index (χ0v) is 14.4. The van der Waals surface area contributed by atoms with Crippen molar-refractivity contribution in [2.24, 2.45) is 0 Å². The predicted molar refractivity (Wildman–Crippen MR) is 83.5 cm³/mol. The monoisotopic (exact) mass is 274 g/mol. The maximum Gasteiger partial charge on any atom is 0.366 e. The quantitative estimate of drug-likeness (QED) is 0.459. The molecule has 0 aromatic carbocycles. The van der Waals surface area contributed by atoms with Crippen LogP contribution in [0.4, 0.5) is 0 Å². The first kappa shape index (κ1) is 18.1. The fraction of sp³-hybridized carbons (Fsp3) is 1.00. The van der Waals surface area contributed by atoms with Crippen molar-refractivity contribution in [1.29, 1.82) is 0 Å². The molecule has 0 bridgehead atoms. The molecular formula is C13H34N4Si. The summed E-state index contributed by atoms with van der Waals surface area (Å²) in [6, 6.07) is 1.53. The van der Waals surface area contributed by atoms with E-state index in [0.717, 1.165) is 19.3 Å². The van der Waals surface area contributed by atoms with Crippen LogP contribution in [-0.4, -0.2) is 33.9 Å². The molecule has 0 aliphatic carbocycles. The van der Waals surface area contributed by atoms with Gasteiger partial charge >= 0.3 is 8.72 Å². The van der Waals surface area contributed by atoms with Crippen LogP contribution < -0.4 is 19.9 Å². The van der Waals surface area contributed by atoms with Crippen molar-refractivity contribution in [3.05, 3.63) is 0 Å². The highest BCUT2D eigenvalue weighted by Gasteiger charge is 2.36. The van der Waals surface area contributed by atoms with Crippen LogP contribution in [0.2, 0.25) is 0 Å². The predicted octanol–water partition coefficient (Wildman–Crippen LogP) is 1.81. The standard InChI is InChI=1S/C13H34N4Si/c1-8-11(4)15-18(14-7,16-12(5)9-2)17-13(6)10-3/h11-17H,8-10H2,1-7H3. The smallest absolute Gasteiger partial charge is 0.303 e. The van der Waals surface area contributed by atoms with Crippen LogP contribution in [0.1, 0.15) is 60.8 Å². The van der Waals surface area contributed by atoms with Crippen molar-refractivity contribution in [1.82, 2.24) is 19.9 Å². The number of nitrogens with one attached hydrogen (secondary N) is 4. The molecule has 0 saturated carbocycles. The number of hydrogen-bond donors (Lipinski definition) is 4. The van der Waals surface area contributed by atoms with Gasteiger partial charge in [0.15, 0.2) is 0 Å². The van der Waals surface area contributed by atoms with Gasteiger partial charge in [-0.2, -0.15) is 0 Å². The molecule has 5 heteroatoms. The first-order valence-corrected chi connectivity index (χ1v) is 9.44. The zero-order valence-electron chi connectivity index (χ0n) is 13.4. The summed E-state index contributed by atoms with van der Waals surface area (Å²) in [5.74, 6) is 0. The van der Waals surface area contributed by atoms with E-state index >= 15 is 0 Å². The summed E-state index contributed by atoms with van der Waals surface area (Å²) >= 11 is 0. The molecule has 18 heavy (non-hydrogen) atoms. The third kappa shape index (κ3) is 6.29. The van der Waals surface area contributed by atoms with Crippen molar-refractivity contribution in [2.75, 3.05) is 7.05 Å². The van der Waals surface area contributed by atoms with Gasteiger partial charge in [-0.15, -0.1) is 0 Å². The fourth-order valence-corrected chi connectivity index (χ4v) is 5.27. The molecule has 0 aliphatic rings. The first-order chi connectivity index (χ1) is 8.42. The lowest BCUT2D eigenvalue weighted by Gasteiger charge is -2.39. The molecule has 0 aromatic rings. The second-order valence-corrected chi connectivity index (χ2v) is 8.23. The third-order valence-corrected chi connectivity index (χ3v) is 7.13. The van der Waals surface area contributed by atoms with E-state index in [4.69, 9.17) is 0 Å². The van der Waals surface area contributed by atoms with Gasteiger partial charge in [-0.25, -0.2) is 0 Å². The molecule has 3 atom stereocenters. The van der Waals surface area contributed by atoms with Crippen LogP contribution in [-0.2, 0) is 0 Å². The Bertz CT molecular complexity index is 182. The molecule has 0 radical (unpaired) electrons. The molecule has 0 aliphatic heterocycles. The van der Waals surface area contributed by atoms with Crippen molar-refractivity contribution >= 4 is 8.72 Å². The van der Waals surface area contributed by atoms with Crippen molar-refractivity contribution in [2.45, 2.75) is 78.9 Å². The molecule has 0 saturated heterocycles. The Morgan fingerprint density at radius 3 is 1.17 bits per heavy atom. The maximum absolute atomic E-state index is 3.77. The third-order valence-electron chi connectivity index (χ3n) is 3.60. The van der Waals surface area contributed by atoms with Gasteiger partial charge in [-0.3, -0.25) is 14.9 Å². The SMILES string of the molecule is CCC(C)N[Si](NC)(NC(C)CC)NC(C)CC. The molecule has 3 unspecified atom stereocenters. The van der Waals surface area contributed by atoms with E-state index in [-0.39, 0.29) is 0 Å². The zero-order chi connectivity index (χ0) is 14.2. The Labute approximate surface area is 115 Å². The van der Waals surface area contributed by atoms with Crippen LogP contribution in [0.5, 0.6) is 0 Å². The van der Waals surface area contributed by atoms with Crippen LogP contribution in [0.15, 0.2) is 0 Å². The lowest BCUT2D eigenvalue weighted by atomic mass is 10.3. The van der Waals surface area contributed by atoms with E-state index in [0.29, 0.717) is 18.1 Å². The average Bonchev–Trinajstić information content (AvgIpc) is 2.37. The summed E-state index contributed by atoms with van der Waals surface area (Å²) in [6.45, 7) is 13.4. The average molecular weight is 275 g/mol. The van der Waals surface area contributed by atoms with Crippen LogP contribution in [0, 0.1) is 0 Å². The Hall–Kier alpha value is 0.0569. The summed E-state index contributed by atoms with van der Waals surface area (Å²) in [5.41, 5.74) is 0. The lowest BCUT2D eigenvalue weighted by Crippen LogP contribution is -2.83. The minimum Gasteiger partial charge on any atom is -0.303 e. The highest BCUT2D eigenvalue weighted by Crippen LogP contribution is 2.00. The van der Waals surface area contributed by atoms with Crippen molar-refractivity contribution in [3.63, 3.8) is 0 Å². The van der Waals surface area contributed by atoms with Gasteiger partial charge in [-0.05, 0) is 26.3 Å². The highest BCUT2D eigenvalue weighted by atomic mass is 28.4. The largest absolute Gasteiger partial charge is 0.366 e. The van der Waals surface area contributed by atoms with E-state index in [1.165, 1.54) is 0 Å². The van der Waals surface area contributed by atoms with Crippen molar-refractivity contribution in [3.8, 4) is 0 Å². The van der Waals surface area contributed by atoms with E-state index < -0.39 is 8.72 Å². The minimum absolute atomic E-state index is 0.511. The van der Waals surface area contributed by atoms with Crippen LogP contribution in [0.3, 0.4) is 0 Å². The molecule has 4 N–H and O–H groups in total. The number of rotatable bonds is 10. The fourth-order valence-electron chi connectivity index (χ4n) is 1.76. The minimum atomic E-state index is -2.02. The molecule has 0 heterocycles. The van der Waals surface area contributed by atoms with Gasteiger partial charge in [-0.1, -0.05) is 41.5 Å². The van der Waals surface area contributed by atoms with E-state index in [2.05, 4.69) is 61.5 Å². The normalized spacial score (nSPS) is 20.2. The Morgan fingerprint density at radius 1 is 0.722 bits per heavy atom. The lowest BCUT2D eigenvalue weighted by molar-refractivity contribution is 0.522. The molecule has 0 fully saturated rings. The topological polar surface area (TPSA) is 48.1 Å². The first-order valence-electron chi connectivity index (χ1n) is 7.44. The van der Waals surface area contributed by atoms with Gasteiger partial charge in [0.25, 0.3) is 0 Å². The molecule has 4 nitrogen and oxygen atoms in total. The Kier molecular flexibility index (Phi) is 9.07. The van der Waals surface area contributed by atoms with Crippen LogP contribution in [0.25, 0.3) is 0 Å². The molecule has 0 aromatic heterocycles. The number of hydrogen-bond acceptors (Lipinski definition) is 4. The maximum atomic E-state index is 3.77. The highest BCUT2D eigenvalue weighted by molar-refractivity contribution is 6.70. The molecule has 0 spiro atoms. The summed E-state index contributed by atoms with van der Waals surface area (Å²) in [7, 11) is 0.0263. The van der Waals surface area contributed by atoms with Gasteiger partial charge in [0.05, 0.1) is 0 Å². The van der Waals surface area contributed by atoms with E-state index in [9.17, 15) is 0 Å². The summed E-state index contributed by atoms with van der Waals surface area (Å²) < 4.78 is 0. The van der Waals surface area contributed by atoms with Gasteiger partial charge < -0.3 is 4.98 Å². The second-order valence-electron chi connectivity index (χ2n) is 5.36. The van der Waals surface area contributed by atoms with E-state index in [1.54, 1.807) is 0 Å². The summed E-state index contributed by atoms with van der Waals surface area (Å²) in [5, 5.41) is 0. The van der Waals surface area contributed by atoms with Gasteiger partial charge in [0.1, 0.15) is 0 Å². The second kappa shape index (κ2) is 9.04. The summed E-state index contributed by atoms with van der Waals surface area (Å²) in [6.07, 6.45) is 3.42. The molecular weight excluding hydrogens is 240 g/mol. The van der Waals surface area contributed by atoms with Crippen LogP contribution >= 0.6 is 0 Å².